The van der Waals surface area contributed by atoms with Crippen LogP contribution in [0.2, 0.25) is 0 Å². The van der Waals surface area contributed by atoms with Crippen LogP contribution in [0.5, 0.6) is 0 Å². The summed E-state index contributed by atoms with van der Waals surface area (Å²) in [6.07, 6.45) is 3.73. The Balaban J connectivity index is 1.72. The molecule has 158 valence electrons. The standard InChI is InChI=1S/C23H28N4OS2/c1-4-26-11-13-27(14-12-26)21(18-7-9-24-10-8-18)20-16(2)17(3)30-23(20)25-22(28)19-6-5-15-29-19/h5-10,15,21H,4,11-14H2,1-3H3,(H,25,28)/t21-/m0/s1. The summed E-state index contributed by atoms with van der Waals surface area (Å²) in [6.45, 7) is 11.8. The van der Waals surface area contributed by atoms with Crippen molar-refractivity contribution < 1.29 is 4.79 Å². The molecule has 5 nitrogen and oxygen atoms in total. The third kappa shape index (κ3) is 4.34. The highest BCUT2D eigenvalue weighted by Crippen LogP contribution is 2.42. The van der Waals surface area contributed by atoms with Crippen LogP contribution in [0.15, 0.2) is 42.0 Å². The van der Waals surface area contributed by atoms with Crippen molar-refractivity contribution in [2.24, 2.45) is 0 Å². The molecule has 1 aliphatic heterocycles. The molecule has 1 atom stereocenters. The number of rotatable bonds is 6. The Hall–Kier alpha value is -2.06. The van der Waals surface area contributed by atoms with Crippen molar-refractivity contribution in [2.75, 3.05) is 38.0 Å². The molecule has 1 saturated heterocycles. The molecule has 0 radical (unpaired) electrons. The van der Waals surface area contributed by atoms with Gasteiger partial charge in [0.2, 0.25) is 0 Å². The van der Waals surface area contributed by atoms with E-state index >= 15 is 0 Å². The van der Waals surface area contributed by atoms with Gasteiger partial charge in [-0.05, 0) is 55.1 Å². The van der Waals surface area contributed by atoms with Gasteiger partial charge >= 0.3 is 0 Å². The molecule has 1 N–H and O–H groups in total. The van der Waals surface area contributed by atoms with Gasteiger partial charge in [0.05, 0.1) is 10.9 Å². The lowest BCUT2D eigenvalue weighted by Crippen LogP contribution is -2.47. The number of carbonyl (C=O) groups excluding carboxylic acids is 1. The number of hydrogen-bond acceptors (Lipinski definition) is 6. The lowest BCUT2D eigenvalue weighted by Gasteiger charge is -2.39. The fourth-order valence-electron chi connectivity index (χ4n) is 4.08. The second-order valence-corrected chi connectivity index (χ2v) is 9.78. The summed E-state index contributed by atoms with van der Waals surface area (Å²) in [7, 11) is 0. The van der Waals surface area contributed by atoms with E-state index < -0.39 is 0 Å². The third-order valence-corrected chi connectivity index (χ3v) is 7.93. The van der Waals surface area contributed by atoms with Crippen LogP contribution >= 0.6 is 22.7 Å². The largest absolute Gasteiger partial charge is 0.313 e. The van der Waals surface area contributed by atoms with Gasteiger partial charge in [0, 0.05) is 49.0 Å². The van der Waals surface area contributed by atoms with Crippen molar-refractivity contribution in [2.45, 2.75) is 26.8 Å². The average molecular weight is 441 g/mol. The number of likely N-dealkylation sites (N-methyl/N-ethyl adjacent to an activating group) is 1. The van der Waals surface area contributed by atoms with Crippen LogP contribution < -0.4 is 5.32 Å². The van der Waals surface area contributed by atoms with Crippen LogP contribution in [0.25, 0.3) is 0 Å². The number of nitrogens with zero attached hydrogens (tertiary/aromatic N) is 3. The molecule has 1 aliphatic rings. The first-order valence-electron chi connectivity index (χ1n) is 10.4. The second-order valence-electron chi connectivity index (χ2n) is 7.61. The summed E-state index contributed by atoms with van der Waals surface area (Å²) in [5.41, 5.74) is 3.71. The van der Waals surface area contributed by atoms with Gasteiger partial charge in [0.1, 0.15) is 5.00 Å². The molecular weight excluding hydrogens is 412 g/mol. The van der Waals surface area contributed by atoms with Crippen LogP contribution in [-0.2, 0) is 0 Å². The number of aryl methyl sites for hydroxylation is 1. The molecule has 0 unspecified atom stereocenters. The van der Waals surface area contributed by atoms with Gasteiger partial charge < -0.3 is 10.2 Å². The molecule has 4 heterocycles. The van der Waals surface area contributed by atoms with Gasteiger partial charge in [-0.15, -0.1) is 22.7 Å². The highest BCUT2D eigenvalue weighted by molar-refractivity contribution is 7.17. The van der Waals surface area contributed by atoms with Crippen LogP contribution in [0.4, 0.5) is 5.00 Å². The van der Waals surface area contributed by atoms with Gasteiger partial charge in [-0.3, -0.25) is 14.7 Å². The smallest absolute Gasteiger partial charge is 0.266 e. The van der Waals surface area contributed by atoms with Crippen LogP contribution in [-0.4, -0.2) is 53.4 Å². The minimum absolute atomic E-state index is 0.0308. The fraction of sp³-hybridized carbons (Fsp3) is 0.391. The lowest BCUT2D eigenvalue weighted by atomic mass is 9.95. The molecule has 0 bridgehead atoms. The maximum atomic E-state index is 12.8. The van der Waals surface area contributed by atoms with Crippen molar-refractivity contribution in [1.82, 2.24) is 14.8 Å². The zero-order valence-electron chi connectivity index (χ0n) is 17.7. The predicted molar refractivity (Wildman–Crippen MR) is 126 cm³/mol. The number of hydrogen-bond donors (Lipinski definition) is 1. The van der Waals surface area contributed by atoms with E-state index in [1.54, 1.807) is 11.3 Å². The number of amides is 1. The van der Waals surface area contributed by atoms with Crippen molar-refractivity contribution in [1.29, 1.82) is 0 Å². The minimum Gasteiger partial charge on any atom is -0.313 e. The zero-order valence-corrected chi connectivity index (χ0v) is 19.4. The maximum Gasteiger partial charge on any atom is 0.266 e. The second kappa shape index (κ2) is 9.39. The molecule has 1 amide bonds. The molecular formula is C23H28N4OS2. The first kappa shape index (κ1) is 21.2. The summed E-state index contributed by atoms with van der Waals surface area (Å²) in [4.78, 5) is 24.1. The van der Waals surface area contributed by atoms with Crippen LogP contribution in [0, 0.1) is 13.8 Å². The summed E-state index contributed by atoms with van der Waals surface area (Å²) >= 11 is 3.15. The normalized spacial score (nSPS) is 16.5. The highest BCUT2D eigenvalue weighted by Gasteiger charge is 2.31. The van der Waals surface area contributed by atoms with Gasteiger partial charge in [0.25, 0.3) is 5.91 Å². The number of thiophene rings is 2. The van der Waals surface area contributed by atoms with E-state index in [2.05, 4.69) is 53.0 Å². The van der Waals surface area contributed by atoms with Crippen molar-refractivity contribution in [3.05, 3.63) is 68.5 Å². The fourth-order valence-corrected chi connectivity index (χ4v) is 5.79. The maximum absolute atomic E-state index is 12.8. The Kier molecular flexibility index (Phi) is 6.63. The van der Waals surface area contributed by atoms with Crippen LogP contribution in [0.3, 0.4) is 0 Å². The van der Waals surface area contributed by atoms with E-state index in [-0.39, 0.29) is 11.9 Å². The van der Waals surface area contributed by atoms with Gasteiger partial charge in [-0.1, -0.05) is 13.0 Å². The molecule has 0 aliphatic carbocycles. The number of anilines is 1. The molecule has 0 spiro atoms. The van der Waals surface area contributed by atoms with Gasteiger partial charge in [0.15, 0.2) is 0 Å². The van der Waals surface area contributed by atoms with E-state index in [1.165, 1.54) is 32.9 Å². The Labute approximate surface area is 186 Å². The number of carbonyl (C=O) groups is 1. The van der Waals surface area contributed by atoms with E-state index in [1.807, 2.05) is 29.9 Å². The monoisotopic (exact) mass is 440 g/mol. The van der Waals surface area contributed by atoms with Crippen molar-refractivity contribution in [3.63, 3.8) is 0 Å². The van der Waals surface area contributed by atoms with E-state index in [0.717, 1.165) is 42.6 Å². The highest BCUT2D eigenvalue weighted by atomic mass is 32.1. The van der Waals surface area contributed by atoms with E-state index in [4.69, 9.17) is 0 Å². The Morgan fingerprint density at radius 3 is 2.53 bits per heavy atom. The van der Waals surface area contributed by atoms with E-state index in [0.29, 0.717) is 0 Å². The quantitative estimate of drug-likeness (QED) is 0.598. The summed E-state index contributed by atoms with van der Waals surface area (Å²) in [6, 6.07) is 8.11. The molecule has 7 heteroatoms. The number of pyridine rings is 1. The molecule has 1 fully saturated rings. The minimum atomic E-state index is -0.0308. The lowest BCUT2D eigenvalue weighted by molar-refractivity contribution is 0.102. The van der Waals surface area contributed by atoms with Gasteiger partial charge in [-0.2, -0.15) is 0 Å². The Morgan fingerprint density at radius 2 is 1.90 bits per heavy atom. The molecule has 0 saturated carbocycles. The van der Waals surface area contributed by atoms with Crippen LogP contribution in [0.1, 0.15) is 44.2 Å². The first-order valence-corrected chi connectivity index (χ1v) is 12.1. The van der Waals surface area contributed by atoms with Crippen molar-refractivity contribution >= 4 is 33.6 Å². The summed E-state index contributed by atoms with van der Waals surface area (Å²) in [5.74, 6) is -0.0308. The number of nitrogens with one attached hydrogen (secondary N) is 1. The summed E-state index contributed by atoms with van der Waals surface area (Å²) < 4.78 is 0. The first-order chi connectivity index (χ1) is 14.6. The van der Waals surface area contributed by atoms with E-state index in [9.17, 15) is 4.79 Å². The SMILES string of the molecule is CCN1CCN([C@@H](c2ccncc2)c2c(NC(=O)c3cccs3)sc(C)c2C)CC1. The average Bonchev–Trinajstić information content (AvgIpc) is 3.40. The molecule has 3 aromatic heterocycles. The Bertz CT molecular complexity index is 976. The molecule has 4 rings (SSSR count). The number of piperazine rings is 1. The predicted octanol–water partition coefficient (Wildman–Crippen LogP) is 4.80. The molecule has 3 aromatic rings. The van der Waals surface area contributed by atoms with Gasteiger partial charge in [-0.25, -0.2) is 0 Å². The zero-order chi connectivity index (χ0) is 21.1. The molecule has 30 heavy (non-hydrogen) atoms. The molecule has 0 aromatic carbocycles. The van der Waals surface area contributed by atoms with Crippen molar-refractivity contribution in [3.8, 4) is 0 Å². The number of aromatic nitrogens is 1. The topological polar surface area (TPSA) is 48.5 Å². The third-order valence-electron chi connectivity index (χ3n) is 5.92. The summed E-state index contributed by atoms with van der Waals surface area (Å²) in [5, 5.41) is 6.12. The Morgan fingerprint density at radius 1 is 1.17 bits per heavy atom.